The molecule has 3 rings (SSSR count). The van der Waals surface area contributed by atoms with Crippen molar-refractivity contribution < 1.29 is 14.6 Å². The van der Waals surface area contributed by atoms with Gasteiger partial charge in [0.25, 0.3) is 0 Å². The van der Waals surface area contributed by atoms with Crippen molar-refractivity contribution in [2.24, 2.45) is 5.73 Å². The fraction of sp³-hybridized carbons (Fsp3) is 0.150. The first-order valence-corrected chi connectivity index (χ1v) is 8.07. The number of hydrogen-bond donors (Lipinski definition) is 3. The van der Waals surface area contributed by atoms with Crippen LogP contribution in [0.25, 0.3) is 17.0 Å². The molecule has 3 aromatic rings. The van der Waals surface area contributed by atoms with E-state index in [1.165, 1.54) is 6.08 Å². The van der Waals surface area contributed by atoms with Gasteiger partial charge in [-0.1, -0.05) is 30.3 Å². The van der Waals surface area contributed by atoms with E-state index < -0.39 is 6.10 Å². The first-order valence-electron chi connectivity index (χ1n) is 8.07. The minimum Gasteiger partial charge on any atom is -0.490 e. The van der Waals surface area contributed by atoms with E-state index in [0.717, 1.165) is 16.5 Å². The number of benzene rings is 2. The Bertz CT molecular complexity index is 899. The molecular weight excluding hydrogens is 316 g/mol. The fourth-order valence-electron chi connectivity index (χ4n) is 2.56. The maximum absolute atomic E-state index is 12.6. The number of ether oxygens (including phenoxy) is 1. The largest absolute Gasteiger partial charge is 0.490 e. The lowest BCUT2D eigenvalue weighted by Gasteiger charge is -2.12. The molecule has 0 aliphatic heterocycles. The normalized spacial score (nSPS) is 12.6. The van der Waals surface area contributed by atoms with Gasteiger partial charge >= 0.3 is 0 Å². The van der Waals surface area contributed by atoms with Gasteiger partial charge in [-0.2, -0.15) is 0 Å². The number of fused-ring (bicyclic) bond motifs is 1. The zero-order valence-electron chi connectivity index (χ0n) is 13.7. The molecule has 1 heterocycles. The third-order valence-electron chi connectivity index (χ3n) is 3.90. The van der Waals surface area contributed by atoms with Crippen LogP contribution >= 0.6 is 0 Å². The van der Waals surface area contributed by atoms with Crippen LogP contribution in [-0.4, -0.2) is 35.1 Å². The summed E-state index contributed by atoms with van der Waals surface area (Å²) in [7, 11) is 0. The second kappa shape index (κ2) is 7.79. The third-order valence-corrected chi connectivity index (χ3v) is 3.90. The SMILES string of the molecule is NCC(O)COc1ccccc1C(=O)C=Cc1cccc2[nH]ccc12. The van der Waals surface area contributed by atoms with Crippen molar-refractivity contribution in [3.8, 4) is 5.75 Å². The molecule has 0 bridgehead atoms. The smallest absolute Gasteiger partial charge is 0.189 e. The van der Waals surface area contributed by atoms with Crippen LogP contribution in [0.4, 0.5) is 0 Å². The molecule has 0 aliphatic rings. The number of carbonyl (C=O) groups is 1. The summed E-state index contributed by atoms with van der Waals surface area (Å²) in [4.78, 5) is 15.7. The number of aliphatic hydroxyl groups excluding tert-OH is 1. The highest BCUT2D eigenvalue weighted by atomic mass is 16.5. The number of nitrogens with two attached hydrogens (primary N) is 1. The fourth-order valence-corrected chi connectivity index (χ4v) is 2.56. The van der Waals surface area contributed by atoms with Crippen molar-refractivity contribution in [2.75, 3.05) is 13.2 Å². The summed E-state index contributed by atoms with van der Waals surface area (Å²) < 4.78 is 5.53. The first-order chi connectivity index (χ1) is 12.2. The maximum Gasteiger partial charge on any atom is 0.189 e. The molecule has 0 radical (unpaired) electrons. The lowest BCUT2D eigenvalue weighted by Crippen LogP contribution is -2.26. The van der Waals surface area contributed by atoms with Crippen LogP contribution in [0.15, 0.2) is 60.8 Å². The molecule has 0 aliphatic carbocycles. The number of aromatic nitrogens is 1. The number of nitrogens with one attached hydrogen (secondary N) is 1. The lowest BCUT2D eigenvalue weighted by molar-refractivity contribution is 0.101. The van der Waals surface area contributed by atoms with E-state index in [1.54, 1.807) is 30.3 Å². The molecule has 5 heteroatoms. The van der Waals surface area contributed by atoms with Gasteiger partial charge in [-0.05, 0) is 35.9 Å². The van der Waals surface area contributed by atoms with Crippen molar-refractivity contribution in [1.82, 2.24) is 4.98 Å². The number of hydrogen-bond acceptors (Lipinski definition) is 4. The summed E-state index contributed by atoms with van der Waals surface area (Å²) >= 11 is 0. The summed E-state index contributed by atoms with van der Waals surface area (Å²) in [5.41, 5.74) is 7.80. The molecule has 1 aromatic heterocycles. The van der Waals surface area contributed by atoms with E-state index in [2.05, 4.69) is 4.98 Å². The Morgan fingerprint density at radius 1 is 1.20 bits per heavy atom. The maximum atomic E-state index is 12.6. The van der Waals surface area contributed by atoms with Crippen LogP contribution in [0.5, 0.6) is 5.75 Å². The zero-order valence-corrected chi connectivity index (χ0v) is 13.7. The van der Waals surface area contributed by atoms with E-state index in [0.29, 0.717) is 11.3 Å². The highest BCUT2D eigenvalue weighted by molar-refractivity contribution is 6.09. The van der Waals surface area contributed by atoms with Crippen molar-refractivity contribution in [2.45, 2.75) is 6.10 Å². The molecule has 0 saturated heterocycles. The van der Waals surface area contributed by atoms with Gasteiger partial charge in [0.2, 0.25) is 0 Å². The highest BCUT2D eigenvalue weighted by Crippen LogP contribution is 2.22. The summed E-state index contributed by atoms with van der Waals surface area (Å²) in [5.74, 6) is 0.273. The van der Waals surface area contributed by atoms with Gasteiger partial charge in [-0.25, -0.2) is 0 Å². The molecule has 128 valence electrons. The number of carbonyl (C=O) groups excluding carboxylic acids is 1. The molecule has 0 saturated carbocycles. The van der Waals surface area contributed by atoms with E-state index >= 15 is 0 Å². The number of para-hydroxylation sites is 1. The quantitative estimate of drug-likeness (QED) is 0.457. The summed E-state index contributed by atoms with van der Waals surface area (Å²) in [6.07, 6.45) is 4.44. The molecule has 0 spiro atoms. The molecule has 0 fully saturated rings. The number of aromatic amines is 1. The molecular formula is C20H20N2O3. The molecule has 4 N–H and O–H groups in total. The number of aliphatic hydroxyl groups is 1. The zero-order chi connectivity index (χ0) is 17.6. The molecule has 0 amide bonds. The van der Waals surface area contributed by atoms with Crippen LogP contribution < -0.4 is 10.5 Å². The van der Waals surface area contributed by atoms with E-state index in [4.69, 9.17) is 10.5 Å². The number of ketones is 1. The Morgan fingerprint density at radius 3 is 2.88 bits per heavy atom. The van der Waals surface area contributed by atoms with E-state index in [9.17, 15) is 9.90 Å². The summed E-state index contributed by atoms with van der Waals surface area (Å²) in [6.45, 7) is 0.157. The van der Waals surface area contributed by atoms with Crippen molar-refractivity contribution in [1.29, 1.82) is 0 Å². The predicted molar refractivity (Wildman–Crippen MR) is 98.7 cm³/mol. The van der Waals surface area contributed by atoms with Crippen LogP contribution in [-0.2, 0) is 0 Å². The third kappa shape index (κ3) is 3.96. The topological polar surface area (TPSA) is 88.3 Å². The van der Waals surface area contributed by atoms with Crippen LogP contribution in [0.2, 0.25) is 0 Å². The monoisotopic (exact) mass is 336 g/mol. The van der Waals surface area contributed by atoms with Gasteiger partial charge in [-0.15, -0.1) is 0 Å². The van der Waals surface area contributed by atoms with Gasteiger partial charge in [-0.3, -0.25) is 4.79 Å². The Kier molecular flexibility index (Phi) is 5.28. The van der Waals surface area contributed by atoms with Crippen LogP contribution in [0.3, 0.4) is 0 Å². The molecule has 2 aromatic carbocycles. The van der Waals surface area contributed by atoms with E-state index in [1.807, 2.05) is 30.5 Å². The number of rotatable bonds is 7. The minimum absolute atomic E-state index is 0.0488. The molecule has 1 unspecified atom stereocenters. The standard InChI is InChI=1S/C20H20N2O3/c21-12-15(23)13-25-20-7-2-1-5-17(20)19(24)9-8-14-4-3-6-18-16(14)10-11-22-18/h1-11,15,22-23H,12-13,21H2. The van der Waals surface area contributed by atoms with Gasteiger partial charge in [0.15, 0.2) is 5.78 Å². The van der Waals surface area contributed by atoms with Crippen LogP contribution in [0, 0.1) is 0 Å². The lowest BCUT2D eigenvalue weighted by atomic mass is 10.1. The Hall–Kier alpha value is -2.89. The predicted octanol–water partition coefficient (Wildman–Crippen LogP) is 2.76. The first kappa shape index (κ1) is 17.0. The van der Waals surface area contributed by atoms with Gasteiger partial charge in [0, 0.05) is 23.6 Å². The number of H-pyrrole nitrogens is 1. The Labute approximate surface area is 145 Å². The van der Waals surface area contributed by atoms with Gasteiger partial charge in [0.05, 0.1) is 5.56 Å². The Morgan fingerprint density at radius 2 is 2.04 bits per heavy atom. The second-order valence-electron chi connectivity index (χ2n) is 5.68. The Balaban J connectivity index is 1.80. The summed E-state index contributed by atoms with van der Waals surface area (Å²) in [6, 6.07) is 14.8. The molecule has 1 atom stereocenters. The van der Waals surface area contributed by atoms with Gasteiger partial charge < -0.3 is 20.6 Å². The van der Waals surface area contributed by atoms with E-state index in [-0.39, 0.29) is 18.9 Å². The molecule has 5 nitrogen and oxygen atoms in total. The van der Waals surface area contributed by atoms with Crippen molar-refractivity contribution in [3.63, 3.8) is 0 Å². The summed E-state index contributed by atoms with van der Waals surface area (Å²) in [5, 5.41) is 10.6. The van der Waals surface area contributed by atoms with Crippen LogP contribution in [0.1, 0.15) is 15.9 Å². The van der Waals surface area contributed by atoms with Crippen molar-refractivity contribution in [3.05, 3.63) is 71.9 Å². The van der Waals surface area contributed by atoms with Gasteiger partial charge in [0.1, 0.15) is 18.5 Å². The number of allylic oxidation sites excluding steroid dienone is 1. The second-order valence-corrected chi connectivity index (χ2v) is 5.68. The highest BCUT2D eigenvalue weighted by Gasteiger charge is 2.11. The van der Waals surface area contributed by atoms with Crippen molar-refractivity contribution >= 4 is 22.8 Å². The average Bonchev–Trinajstić information content (AvgIpc) is 3.13. The molecule has 25 heavy (non-hydrogen) atoms. The minimum atomic E-state index is -0.759. The average molecular weight is 336 g/mol.